The molecule has 3 rings (SSSR count). The molecule has 0 bridgehead atoms. The molecule has 2 aromatic rings. The predicted octanol–water partition coefficient (Wildman–Crippen LogP) is 3.10. The lowest BCUT2D eigenvalue weighted by atomic mass is 10.1. The molecule has 30 heavy (non-hydrogen) atoms. The van der Waals surface area contributed by atoms with Crippen LogP contribution < -0.4 is 10.2 Å². The van der Waals surface area contributed by atoms with Gasteiger partial charge < -0.3 is 15.0 Å². The van der Waals surface area contributed by atoms with Crippen LogP contribution in [-0.2, 0) is 19.1 Å². The van der Waals surface area contributed by atoms with E-state index in [1.54, 1.807) is 29.2 Å². The molecule has 0 aliphatic carbocycles. The molecule has 154 valence electrons. The Morgan fingerprint density at radius 3 is 2.57 bits per heavy atom. The van der Waals surface area contributed by atoms with Crippen LogP contribution in [0.5, 0.6) is 0 Å². The van der Waals surface area contributed by atoms with Gasteiger partial charge in [0, 0.05) is 24.3 Å². The van der Waals surface area contributed by atoms with Crippen molar-refractivity contribution >= 4 is 29.2 Å². The fourth-order valence-electron chi connectivity index (χ4n) is 3.32. The maximum absolute atomic E-state index is 12.6. The minimum Gasteiger partial charge on any atom is -0.452 e. The fourth-order valence-corrected chi connectivity index (χ4v) is 3.32. The van der Waals surface area contributed by atoms with E-state index in [9.17, 15) is 14.4 Å². The lowest BCUT2D eigenvalue weighted by Crippen LogP contribution is -2.33. The molecule has 0 radical (unpaired) electrons. The highest BCUT2D eigenvalue weighted by Crippen LogP contribution is 2.30. The zero-order valence-corrected chi connectivity index (χ0v) is 17.1. The number of esters is 1. The van der Waals surface area contributed by atoms with Gasteiger partial charge in [-0.2, -0.15) is 5.26 Å². The third kappa shape index (κ3) is 4.49. The van der Waals surface area contributed by atoms with Gasteiger partial charge in [0.2, 0.25) is 5.91 Å². The summed E-state index contributed by atoms with van der Waals surface area (Å²) in [6.07, 6.45) is -0.964. The first-order chi connectivity index (χ1) is 14.3. The number of rotatable bonds is 5. The largest absolute Gasteiger partial charge is 0.452 e. The van der Waals surface area contributed by atoms with Crippen molar-refractivity contribution in [2.45, 2.75) is 33.3 Å². The van der Waals surface area contributed by atoms with E-state index in [4.69, 9.17) is 10.00 Å². The maximum Gasteiger partial charge on any atom is 0.312 e. The molecule has 1 saturated heterocycles. The number of amides is 2. The van der Waals surface area contributed by atoms with Gasteiger partial charge in [-0.25, -0.2) is 0 Å². The summed E-state index contributed by atoms with van der Waals surface area (Å²) >= 11 is 0. The molecule has 1 aliphatic heterocycles. The topological polar surface area (TPSA) is 99.5 Å². The van der Waals surface area contributed by atoms with Crippen LogP contribution in [0.15, 0.2) is 42.5 Å². The van der Waals surface area contributed by atoms with E-state index < -0.39 is 23.9 Å². The van der Waals surface area contributed by atoms with E-state index in [1.165, 1.54) is 6.92 Å². The smallest absolute Gasteiger partial charge is 0.312 e. The number of hydrogen-bond donors (Lipinski definition) is 1. The van der Waals surface area contributed by atoms with Crippen molar-refractivity contribution in [3.63, 3.8) is 0 Å². The molecular formula is C23H23N3O4. The van der Waals surface area contributed by atoms with Gasteiger partial charge in [0.1, 0.15) is 0 Å². The van der Waals surface area contributed by atoms with Gasteiger partial charge in [-0.15, -0.1) is 0 Å². The molecule has 2 amide bonds. The molecule has 0 spiro atoms. The van der Waals surface area contributed by atoms with Gasteiger partial charge in [0.05, 0.1) is 17.6 Å². The standard InChI is InChI=1S/C23H23N3O4/c1-14-5-4-6-20(15(14)2)26-13-18(11-21(26)27)23(29)30-16(3)22(28)25-19-9-7-17(12-24)8-10-19/h4-10,16,18H,11,13H2,1-3H3,(H,25,28)/t16-,18-/m1/s1. The number of anilines is 2. The number of hydrogen-bond acceptors (Lipinski definition) is 5. The van der Waals surface area contributed by atoms with Crippen LogP contribution >= 0.6 is 0 Å². The van der Waals surface area contributed by atoms with Gasteiger partial charge in [-0.05, 0) is 62.2 Å². The third-order valence-corrected chi connectivity index (χ3v) is 5.27. The zero-order valence-electron chi connectivity index (χ0n) is 17.1. The van der Waals surface area contributed by atoms with Crippen molar-refractivity contribution in [3.8, 4) is 6.07 Å². The van der Waals surface area contributed by atoms with Crippen molar-refractivity contribution in [2.24, 2.45) is 5.92 Å². The summed E-state index contributed by atoms with van der Waals surface area (Å²) in [6.45, 7) is 5.63. The van der Waals surface area contributed by atoms with E-state index in [2.05, 4.69) is 5.32 Å². The van der Waals surface area contributed by atoms with E-state index in [0.29, 0.717) is 11.3 Å². The first-order valence-electron chi connectivity index (χ1n) is 9.68. The number of nitriles is 1. The molecule has 1 fully saturated rings. The van der Waals surface area contributed by atoms with Crippen LogP contribution in [0.4, 0.5) is 11.4 Å². The van der Waals surface area contributed by atoms with Crippen molar-refractivity contribution < 1.29 is 19.1 Å². The van der Waals surface area contributed by atoms with Crippen LogP contribution in [0.25, 0.3) is 0 Å². The van der Waals surface area contributed by atoms with E-state index in [1.807, 2.05) is 38.1 Å². The number of carbonyl (C=O) groups excluding carboxylic acids is 3. The molecule has 1 heterocycles. The lowest BCUT2D eigenvalue weighted by molar-refractivity contribution is -0.157. The van der Waals surface area contributed by atoms with Crippen LogP contribution in [0.3, 0.4) is 0 Å². The molecule has 7 heteroatoms. The van der Waals surface area contributed by atoms with Crippen LogP contribution in [0.1, 0.15) is 30.0 Å². The fraction of sp³-hybridized carbons (Fsp3) is 0.304. The average Bonchev–Trinajstić information content (AvgIpc) is 3.12. The Hall–Kier alpha value is -3.66. The molecule has 2 atom stereocenters. The molecule has 7 nitrogen and oxygen atoms in total. The second kappa shape index (κ2) is 8.78. The average molecular weight is 405 g/mol. The van der Waals surface area contributed by atoms with Gasteiger partial charge in [0.25, 0.3) is 5.91 Å². The molecule has 1 aliphatic rings. The van der Waals surface area contributed by atoms with Crippen LogP contribution in [0.2, 0.25) is 0 Å². The molecule has 0 aromatic heterocycles. The Morgan fingerprint density at radius 2 is 1.90 bits per heavy atom. The molecule has 0 unspecified atom stereocenters. The van der Waals surface area contributed by atoms with Gasteiger partial charge in [0.15, 0.2) is 6.10 Å². The number of nitrogens with zero attached hydrogens (tertiary/aromatic N) is 2. The molecule has 1 N–H and O–H groups in total. The zero-order chi connectivity index (χ0) is 21.8. The van der Waals surface area contributed by atoms with Crippen LogP contribution in [0, 0.1) is 31.1 Å². The highest BCUT2D eigenvalue weighted by molar-refractivity contribution is 6.01. The Labute approximate surface area is 175 Å². The quantitative estimate of drug-likeness (QED) is 0.771. The van der Waals surface area contributed by atoms with Crippen molar-refractivity contribution in [2.75, 3.05) is 16.8 Å². The summed E-state index contributed by atoms with van der Waals surface area (Å²) in [4.78, 5) is 39.0. The van der Waals surface area contributed by atoms with Gasteiger partial charge in [-0.1, -0.05) is 12.1 Å². The van der Waals surface area contributed by atoms with E-state index in [0.717, 1.165) is 16.8 Å². The highest BCUT2D eigenvalue weighted by Gasteiger charge is 2.37. The first kappa shape index (κ1) is 21.1. The summed E-state index contributed by atoms with van der Waals surface area (Å²) in [5.74, 6) is -1.81. The Balaban J connectivity index is 1.60. The number of nitrogens with one attached hydrogen (secondary N) is 1. The lowest BCUT2D eigenvalue weighted by Gasteiger charge is -2.20. The molecular weight excluding hydrogens is 382 g/mol. The number of aryl methyl sites for hydroxylation is 1. The predicted molar refractivity (Wildman–Crippen MR) is 112 cm³/mol. The summed E-state index contributed by atoms with van der Waals surface area (Å²) in [5.41, 5.74) is 3.84. The molecule has 0 saturated carbocycles. The highest BCUT2D eigenvalue weighted by atomic mass is 16.5. The monoisotopic (exact) mass is 405 g/mol. The summed E-state index contributed by atoms with van der Waals surface area (Å²) in [6, 6.07) is 14.1. The van der Waals surface area contributed by atoms with E-state index in [-0.39, 0.29) is 18.9 Å². The Bertz CT molecular complexity index is 1020. The number of carbonyl (C=O) groups is 3. The summed E-state index contributed by atoms with van der Waals surface area (Å²) in [7, 11) is 0. The Kier molecular flexibility index (Phi) is 6.17. The molecule has 2 aromatic carbocycles. The Morgan fingerprint density at radius 1 is 1.20 bits per heavy atom. The van der Waals surface area contributed by atoms with Crippen molar-refractivity contribution in [1.82, 2.24) is 0 Å². The maximum atomic E-state index is 12.6. The first-order valence-corrected chi connectivity index (χ1v) is 9.68. The second-order valence-electron chi connectivity index (χ2n) is 7.38. The minimum atomic E-state index is -1.02. The van der Waals surface area contributed by atoms with Crippen LogP contribution in [-0.4, -0.2) is 30.4 Å². The number of benzene rings is 2. The van der Waals surface area contributed by atoms with Crippen molar-refractivity contribution in [3.05, 3.63) is 59.2 Å². The van der Waals surface area contributed by atoms with E-state index >= 15 is 0 Å². The third-order valence-electron chi connectivity index (χ3n) is 5.27. The van der Waals surface area contributed by atoms with Crippen molar-refractivity contribution in [1.29, 1.82) is 5.26 Å². The van der Waals surface area contributed by atoms with Gasteiger partial charge in [-0.3, -0.25) is 14.4 Å². The normalized spacial score (nSPS) is 16.7. The SMILES string of the molecule is Cc1cccc(N2C[C@H](C(=O)O[C@H](C)C(=O)Nc3ccc(C#N)cc3)CC2=O)c1C. The summed E-state index contributed by atoms with van der Waals surface area (Å²) in [5, 5.41) is 11.5. The second-order valence-corrected chi connectivity index (χ2v) is 7.38. The summed E-state index contributed by atoms with van der Waals surface area (Å²) < 4.78 is 5.32. The number of ether oxygens (including phenoxy) is 1. The minimum absolute atomic E-state index is 0.0518. The van der Waals surface area contributed by atoms with Gasteiger partial charge >= 0.3 is 5.97 Å².